The lowest BCUT2D eigenvalue weighted by Gasteiger charge is -2.13. The number of hydrogen-bond donors (Lipinski definition) is 1. The molecule has 17 heavy (non-hydrogen) atoms. The zero-order chi connectivity index (χ0) is 13.0. The van der Waals surface area contributed by atoms with Crippen molar-refractivity contribution in [2.75, 3.05) is 12.4 Å². The van der Waals surface area contributed by atoms with Crippen molar-refractivity contribution in [3.05, 3.63) is 33.9 Å². The second kappa shape index (κ2) is 5.29. The van der Waals surface area contributed by atoms with E-state index in [4.69, 9.17) is 0 Å². The van der Waals surface area contributed by atoms with Crippen molar-refractivity contribution in [2.45, 2.75) is 19.9 Å². The van der Waals surface area contributed by atoms with Crippen LogP contribution in [0.3, 0.4) is 0 Å². The third kappa shape index (κ3) is 3.44. The van der Waals surface area contributed by atoms with Gasteiger partial charge in [0.05, 0.1) is 12.0 Å². The van der Waals surface area contributed by atoms with Crippen LogP contribution in [0.4, 0.5) is 11.4 Å². The van der Waals surface area contributed by atoms with Crippen molar-refractivity contribution in [3.63, 3.8) is 0 Å². The fourth-order valence-corrected chi connectivity index (χ4v) is 1.44. The van der Waals surface area contributed by atoms with Crippen LogP contribution < -0.4 is 5.32 Å². The van der Waals surface area contributed by atoms with Gasteiger partial charge in [0, 0.05) is 17.8 Å². The lowest BCUT2D eigenvalue weighted by Crippen LogP contribution is -2.27. The maximum Gasteiger partial charge on any atom is 0.327 e. The topological polar surface area (TPSA) is 81.5 Å². The van der Waals surface area contributed by atoms with E-state index in [1.807, 2.05) is 0 Å². The van der Waals surface area contributed by atoms with Gasteiger partial charge >= 0.3 is 5.97 Å². The van der Waals surface area contributed by atoms with Crippen molar-refractivity contribution in [1.82, 2.24) is 0 Å². The molecule has 0 aliphatic rings. The second-order valence-corrected chi connectivity index (χ2v) is 3.70. The van der Waals surface area contributed by atoms with E-state index >= 15 is 0 Å². The van der Waals surface area contributed by atoms with Gasteiger partial charge in [-0.3, -0.25) is 10.1 Å². The van der Waals surface area contributed by atoms with Crippen molar-refractivity contribution in [3.8, 4) is 0 Å². The van der Waals surface area contributed by atoms with Gasteiger partial charge in [0.15, 0.2) is 0 Å². The quantitative estimate of drug-likeness (QED) is 0.492. The number of methoxy groups -OCH3 is 1. The number of anilines is 1. The van der Waals surface area contributed by atoms with E-state index in [9.17, 15) is 14.9 Å². The molecule has 92 valence electrons. The standard InChI is InChI=1S/C11H14N2O4/c1-7-4-9(6-10(5-7)13(15)16)12-8(2)11(14)17-3/h4-6,8,12H,1-3H3. The van der Waals surface area contributed by atoms with Crippen LogP contribution in [-0.4, -0.2) is 24.0 Å². The highest BCUT2D eigenvalue weighted by Crippen LogP contribution is 2.21. The number of nitrogens with zero attached hydrogens (tertiary/aromatic N) is 1. The number of non-ortho nitro benzene ring substituents is 1. The summed E-state index contributed by atoms with van der Waals surface area (Å²) in [7, 11) is 1.29. The minimum Gasteiger partial charge on any atom is -0.467 e. The molecule has 1 rings (SSSR count). The van der Waals surface area contributed by atoms with E-state index in [2.05, 4.69) is 10.1 Å². The molecule has 6 heteroatoms. The molecule has 0 saturated heterocycles. The Kier molecular flexibility index (Phi) is 4.03. The first-order valence-corrected chi connectivity index (χ1v) is 5.04. The van der Waals surface area contributed by atoms with Crippen LogP contribution in [0.25, 0.3) is 0 Å². The Hall–Kier alpha value is -2.11. The summed E-state index contributed by atoms with van der Waals surface area (Å²) in [6, 6.07) is 4.02. The van der Waals surface area contributed by atoms with Crippen molar-refractivity contribution < 1.29 is 14.5 Å². The van der Waals surface area contributed by atoms with Crippen LogP contribution in [0.2, 0.25) is 0 Å². The van der Waals surface area contributed by atoms with E-state index in [-0.39, 0.29) is 5.69 Å². The Morgan fingerprint density at radius 2 is 2.12 bits per heavy atom. The Morgan fingerprint density at radius 1 is 1.47 bits per heavy atom. The monoisotopic (exact) mass is 238 g/mol. The third-order valence-electron chi connectivity index (χ3n) is 2.21. The van der Waals surface area contributed by atoms with Crippen LogP contribution in [0.1, 0.15) is 12.5 Å². The Labute approximate surface area is 98.7 Å². The highest BCUT2D eigenvalue weighted by molar-refractivity contribution is 5.78. The van der Waals surface area contributed by atoms with Crippen LogP contribution in [-0.2, 0) is 9.53 Å². The fourth-order valence-electron chi connectivity index (χ4n) is 1.44. The molecule has 1 unspecified atom stereocenters. The van der Waals surface area contributed by atoms with Gasteiger partial charge in [-0.25, -0.2) is 4.79 Å². The predicted molar refractivity (Wildman–Crippen MR) is 62.9 cm³/mol. The highest BCUT2D eigenvalue weighted by atomic mass is 16.6. The molecule has 0 radical (unpaired) electrons. The van der Waals surface area contributed by atoms with Crippen molar-refractivity contribution in [1.29, 1.82) is 0 Å². The maximum absolute atomic E-state index is 11.2. The number of esters is 1. The average molecular weight is 238 g/mol. The second-order valence-electron chi connectivity index (χ2n) is 3.70. The highest BCUT2D eigenvalue weighted by Gasteiger charge is 2.14. The predicted octanol–water partition coefficient (Wildman–Crippen LogP) is 1.88. The van der Waals surface area contributed by atoms with Crippen LogP contribution in [0.15, 0.2) is 18.2 Å². The molecule has 0 amide bonds. The van der Waals surface area contributed by atoms with Crippen molar-refractivity contribution in [2.24, 2.45) is 0 Å². The minimum atomic E-state index is -0.554. The van der Waals surface area contributed by atoms with Gasteiger partial charge in [0.25, 0.3) is 5.69 Å². The van der Waals surface area contributed by atoms with Gasteiger partial charge in [0.1, 0.15) is 6.04 Å². The Bertz CT molecular complexity index is 445. The number of nitro benzene ring substituents is 1. The molecular formula is C11H14N2O4. The largest absolute Gasteiger partial charge is 0.467 e. The molecule has 0 bridgehead atoms. The summed E-state index contributed by atoms with van der Waals surface area (Å²) in [5.74, 6) is -0.422. The van der Waals surface area contributed by atoms with E-state index < -0.39 is 16.9 Å². The number of rotatable bonds is 4. The van der Waals surface area contributed by atoms with Gasteiger partial charge in [-0.1, -0.05) is 0 Å². The van der Waals surface area contributed by atoms with E-state index in [1.165, 1.54) is 19.2 Å². The molecule has 0 fully saturated rings. The molecule has 1 N–H and O–H groups in total. The molecule has 1 atom stereocenters. The Balaban J connectivity index is 2.91. The number of ether oxygens (including phenoxy) is 1. The zero-order valence-electron chi connectivity index (χ0n) is 9.89. The van der Waals surface area contributed by atoms with Crippen LogP contribution in [0.5, 0.6) is 0 Å². The minimum absolute atomic E-state index is 0.00966. The first-order valence-electron chi connectivity index (χ1n) is 5.04. The third-order valence-corrected chi connectivity index (χ3v) is 2.21. The number of nitrogens with one attached hydrogen (secondary N) is 1. The molecule has 0 heterocycles. The van der Waals surface area contributed by atoms with Gasteiger partial charge in [0.2, 0.25) is 0 Å². The smallest absolute Gasteiger partial charge is 0.327 e. The molecule has 0 aliphatic carbocycles. The number of hydrogen-bond acceptors (Lipinski definition) is 5. The van der Waals surface area contributed by atoms with Crippen molar-refractivity contribution >= 4 is 17.3 Å². The van der Waals surface area contributed by atoms with Crippen LogP contribution in [0, 0.1) is 17.0 Å². The Morgan fingerprint density at radius 3 is 2.65 bits per heavy atom. The summed E-state index contributed by atoms with van der Waals surface area (Å²) in [6.45, 7) is 3.38. The van der Waals surface area contributed by atoms with Gasteiger partial charge in [-0.15, -0.1) is 0 Å². The molecule has 1 aromatic carbocycles. The fraction of sp³-hybridized carbons (Fsp3) is 0.364. The summed E-state index contributed by atoms with van der Waals surface area (Å²) in [4.78, 5) is 21.4. The first-order chi connectivity index (χ1) is 7.93. The summed E-state index contributed by atoms with van der Waals surface area (Å²) in [6.07, 6.45) is 0. The van der Waals surface area contributed by atoms with E-state index in [0.29, 0.717) is 5.69 Å². The number of carbonyl (C=O) groups is 1. The number of aryl methyl sites for hydroxylation is 1. The average Bonchev–Trinajstić information content (AvgIpc) is 2.26. The summed E-state index contributed by atoms with van der Waals surface area (Å²) in [5, 5.41) is 13.5. The molecule has 6 nitrogen and oxygen atoms in total. The first kappa shape index (κ1) is 13.0. The van der Waals surface area contributed by atoms with E-state index in [1.54, 1.807) is 19.9 Å². The summed E-state index contributed by atoms with van der Waals surface area (Å²) < 4.78 is 4.56. The molecule has 0 saturated carbocycles. The van der Waals surface area contributed by atoms with Gasteiger partial charge < -0.3 is 10.1 Å². The zero-order valence-corrected chi connectivity index (χ0v) is 9.89. The lowest BCUT2D eigenvalue weighted by molar-refractivity contribution is -0.384. The number of benzene rings is 1. The normalized spacial score (nSPS) is 11.7. The molecule has 0 aliphatic heterocycles. The maximum atomic E-state index is 11.2. The SMILES string of the molecule is COC(=O)C(C)Nc1cc(C)cc([N+](=O)[O-])c1. The van der Waals surface area contributed by atoms with Gasteiger partial charge in [-0.2, -0.15) is 0 Å². The molecular weight excluding hydrogens is 224 g/mol. The molecule has 1 aromatic rings. The van der Waals surface area contributed by atoms with Crippen LogP contribution >= 0.6 is 0 Å². The van der Waals surface area contributed by atoms with Gasteiger partial charge in [-0.05, 0) is 25.5 Å². The number of carbonyl (C=O) groups excluding carboxylic acids is 1. The lowest BCUT2D eigenvalue weighted by atomic mass is 10.2. The molecule has 0 aromatic heterocycles. The summed E-state index contributed by atoms with van der Waals surface area (Å²) in [5.41, 5.74) is 1.26. The van der Waals surface area contributed by atoms with E-state index in [0.717, 1.165) is 5.56 Å². The molecule has 0 spiro atoms. The summed E-state index contributed by atoms with van der Waals surface area (Å²) >= 11 is 0. The number of nitro groups is 1.